The Morgan fingerprint density at radius 1 is 0.972 bits per heavy atom. The van der Waals surface area contributed by atoms with E-state index in [-0.39, 0.29) is 25.0 Å². The molecule has 10 N–H and O–H groups in total. The van der Waals surface area contributed by atoms with Gasteiger partial charge in [-0.1, -0.05) is 18.2 Å². The van der Waals surface area contributed by atoms with Crippen LogP contribution >= 0.6 is 12.6 Å². The summed E-state index contributed by atoms with van der Waals surface area (Å²) in [6.07, 6.45) is 1.50. The Balaban J connectivity index is 2.20. The highest BCUT2D eigenvalue weighted by Gasteiger charge is 2.30. The number of para-hydroxylation sites is 1. The van der Waals surface area contributed by atoms with Crippen molar-refractivity contribution in [3.8, 4) is 0 Å². The number of rotatable bonds is 14. The molecule has 1 heterocycles. The number of aromatic nitrogens is 1. The number of carbonyl (C=O) groups is 5. The van der Waals surface area contributed by atoms with Crippen molar-refractivity contribution in [2.75, 3.05) is 12.4 Å². The molecule has 0 saturated carbocycles. The second-order valence-electron chi connectivity index (χ2n) is 8.06. The van der Waals surface area contributed by atoms with Crippen LogP contribution in [0, 0.1) is 0 Å². The number of aliphatic carboxylic acids is 1. The normalized spacial score (nSPS) is 14.3. The van der Waals surface area contributed by atoms with E-state index in [2.05, 4.69) is 33.6 Å². The molecule has 2 aromatic rings. The van der Waals surface area contributed by atoms with E-state index in [0.717, 1.165) is 10.9 Å². The quantitative estimate of drug-likeness (QED) is 0.123. The third-order valence-corrected chi connectivity index (χ3v) is 5.75. The van der Waals surface area contributed by atoms with Crippen LogP contribution in [0.5, 0.6) is 0 Å². The number of aliphatic hydroxyl groups is 1. The number of H-pyrrole nitrogens is 1. The van der Waals surface area contributed by atoms with Crippen molar-refractivity contribution in [1.82, 2.24) is 20.9 Å². The van der Waals surface area contributed by atoms with Gasteiger partial charge in [-0.3, -0.25) is 19.2 Å². The average molecular weight is 523 g/mol. The highest BCUT2D eigenvalue weighted by molar-refractivity contribution is 7.80. The molecule has 0 radical (unpaired) electrons. The van der Waals surface area contributed by atoms with E-state index in [1.54, 1.807) is 12.3 Å². The van der Waals surface area contributed by atoms with Crippen LogP contribution in [-0.2, 0) is 30.4 Å². The molecular weight excluding hydrogens is 492 g/mol. The first kappa shape index (κ1) is 28.6. The van der Waals surface area contributed by atoms with Gasteiger partial charge in [0.1, 0.15) is 18.1 Å². The lowest BCUT2D eigenvalue weighted by molar-refractivity contribution is -0.143. The Morgan fingerprint density at radius 2 is 1.58 bits per heavy atom. The van der Waals surface area contributed by atoms with Crippen LogP contribution in [0.15, 0.2) is 30.5 Å². The zero-order valence-electron chi connectivity index (χ0n) is 19.3. The molecule has 0 aliphatic rings. The fourth-order valence-electron chi connectivity index (χ4n) is 3.36. The number of amides is 4. The van der Waals surface area contributed by atoms with Crippen molar-refractivity contribution in [2.45, 2.75) is 43.4 Å². The monoisotopic (exact) mass is 522 g/mol. The minimum atomic E-state index is -1.58. The Hall–Kier alpha value is -3.62. The number of carboxylic acid groups (broad SMARTS) is 1. The van der Waals surface area contributed by atoms with Crippen LogP contribution < -0.4 is 27.4 Å². The second-order valence-corrected chi connectivity index (χ2v) is 8.43. The van der Waals surface area contributed by atoms with Crippen molar-refractivity contribution in [3.05, 3.63) is 36.0 Å². The van der Waals surface area contributed by atoms with Gasteiger partial charge in [-0.15, -0.1) is 0 Å². The van der Waals surface area contributed by atoms with Crippen molar-refractivity contribution in [3.63, 3.8) is 0 Å². The maximum atomic E-state index is 13.0. The van der Waals surface area contributed by atoms with Gasteiger partial charge < -0.3 is 42.6 Å². The summed E-state index contributed by atoms with van der Waals surface area (Å²) >= 11 is 4.09. The number of benzene rings is 1. The second kappa shape index (κ2) is 13.5. The number of aliphatic hydroxyl groups excluding tert-OH is 1. The first-order chi connectivity index (χ1) is 17.1. The summed E-state index contributed by atoms with van der Waals surface area (Å²) in [5.74, 6) is -4.55. The zero-order chi connectivity index (χ0) is 26.8. The standard InChI is InChI=1S/C22H30N6O7S/c23-13(5-6-18(24)30)19(31)28-17(10-36)21(33)26-15(20(32)27-16(9-29)22(34)35)7-11-8-25-14-4-2-1-3-12(11)14/h1-4,8,13,15-17,25,29,36H,5-7,9-10,23H2,(H2,24,30)(H,26,33)(H,27,32)(H,28,31)(H,34,35). The number of aromatic amines is 1. The summed E-state index contributed by atoms with van der Waals surface area (Å²) in [7, 11) is 0. The Labute approximate surface area is 211 Å². The van der Waals surface area contributed by atoms with Crippen molar-refractivity contribution in [2.24, 2.45) is 11.5 Å². The number of hydrogen-bond donors (Lipinski definition) is 9. The smallest absolute Gasteiger partial charge is 0.328 e. The third-order valence-electron chi connectivity index (χ3n) is 5.38. The molecule has 196 valence electrons. The molecule has 0 aliphatic carbocycles. The molecule has 36 heavy (non-hydrogen) atoms. The molecule has 4 amide bonds. The summed E-state index contributed by atoms with van der Waals surface area (Å²) in [4.78, 5) is 63.5. The van der Waals surface area contributed by atoms with Gasteiger partial charge in [-0.2, -0.15) is 12.6 Å². The number of carboxylic acids is 1. The summed E-state index contributed by atoms with van der Waals surface area (Å²) in [6, 6.07) is 2.14. The van der Waals surface area contributed by atoms with E-state index in [1.165, 1.54) is 0 Å². The van der Waals surface area contributed by atoms with E-state index in [0.29, 0.717) is 5.56 Å². The number of carbonyl (C=O) groups excluding carboxylic acids is 4. The first-order valence-electron chi connectivity index (χ1n) is 11.0. The summed E-state index contributed by atoms with van der Waals surface area (Å²) in [5.41, 5.74) is 12.3. The predicted molar refractivity (Wildman–Crippen MR) is 133 cm³/mol. The van der Waals surface area contributed by atoms with Gasteiger partial charge >= 0.3 is 5.97 Å². The summed E-state index contributed by atoms with van der Waals surface area (Å²) in [5, 5.41) is 26.4. The molecule has 2 rings (SSSR count). The lowest BCUT2D eigenvalue weighted by Gasteiger charge is -2.24. The fraction of sp³-hybridized carbons (Fsp3) is 0.409. The average Bonchev–Trinajstić information content (AvgIpc) is 3.25. The van der Waals surface area contributed by atoms with Crippen LogP contribution in [0.25, 0.3) is 10.9 Å². The van der Waals surface area contributed by atoms with E-state index >= 15 is 0 Å². The van der Waals surface area contributed by atoms with Crippen LogP contribution in [0.3, 0.4) is 0 Å². The molecule has 0 saturated heterocycles. The molecule has 1 aromatic carbocycles. The predicted octanol–water partition coefficient (Wildman–Crippen LogP) is -2.24. The minimum Gasteiger partial charge on any atom is -0.480 e. The molecule has 4 unspecified atom stereocenters. The fourth-order valence-corrected chi connectivity index (χ4v) is 3.62. The molecule has 14 heteroatoms. The van der Waals surface area contributed by atoms with Gasteiger partial charge in [0.15, 0.2) is 0 Å². The molecule has 0 fully saturated rings. The molecule has 1 aromatic heterocycles. The number of primary amides is 1. The molecule has 4 atom stereocenters. The van der Waals surface area contributed by atoms with Crippen molar-refractivity contribution >= 4 is 53.1 Å². The van der Waals surface area contributed by atoms with Crippen molar-refractivity contribution < 1.29 is 34.2 Å². The Bertz CT molecular complexity index is 1110. The molecular formula is C22H30N6O7S. The maximum Gasteiger partial charge on any atom is 0.328 e. The third kappa shape index (κ3) is 7.96. The van der Waals surface area contributed by atoms with Gasteiger partial charge in [-0.25, -0.2) is 4.79 Å². The zero-order valence-corrected chi connectivity index (χ0v) is 20.2. The number of fused-ring (bicyclic) bond motifs is 1. The van der Waals surface area contributed by atoms with Crippen LogP contribution in [0.4, 0.5) is 0 Å². The van der Waals surface area contributed by atoms with Gasteiger partial charge in [0.05, 0.1) is 12.6 Å². The van der Waals surface area contributed by atoms with Crippen LogP contribution in [0.2, 0.25) is 0 Å². The maximum absolute atomic E-state index is 13.0. The SMILES string of the molecule is NC(=O)CCC(N)C(=O)NC(CS)C(=O)NC(Cc1c[nH]c2ccccc12)C(=O)NC(CO)C(=O)O. The first-order valence-corrected chi connectivity index (χ1v) is 11.6. The van der Waals surface area contributed by atoms with E-state index in [1.807, 2.05) is 18.2 Å². The largest absolute Gasteiger partial charge is 0.480 e. The number of thiol groups is 1. The molecule has 0 aliphatic heterocycles. The highest BCUT2D eigenvalue weighted by Crippen LogP contribution is 2.19. The topological polar surface area (TPSA) is 230 Å². The van der Waals surface area contributed by atoms with E-state index in [9.17, 15) is 34.2 Å². The van der Waals surface area contributed by atoms with Gasteiger partial charge in [0, 0.05) is 35.7 Å². The number of nitrogens with two attached hydrogens (primary N) is 2. The van der Waals surface area contributed by atoms with E-state index < -0.39 is 60.4 Å². The minimum absolute atomic E-state index is 0.0224. The molecule has 0 bridgehead atoms. The Kier molecular flexibility index (Phi) is 10.7. The van der Waals surface area contributed by atoms with Gasteiger partial charge in [0.2, 0.25) is 23.6 Å². The Morgan fingerprint density at radius 3 is 2.19 bits per heavy atom. The number of nitrogens with one attached hydrogen (secondary N) is 4. The lowest BCUT2D eigenvalue weighted by Crippen LogP contribution is -2.58. The lowest BCUT2D eigenvalue weighted by atomic mass is 10.0. The molecule has 0 spiro atoms. The highest BCUT2D eigenvalue weighted by atomic mass is 32.1. The summed E-state index contributed by atoms with van der Waals surface area (Å²) < 4.78 is 0. The van der Waals surface area contributed by atoms with Crippen LogP contribution in [-0.4, -0.2) is 81.3 Å². The van der Waals surface area contributed by atoms with E-state index in [4.69, 9.17) is 11.5 Å². The number of hydrogen-bond acceptors (Lipinski definition) is 8. The van der Waals surface area contributed by atoms with Crippen LogP contribution in [0.1, 0.15) is 18.4 Å². The summed E-state index contributed by atoms with van der Waals surface area (Å²) in [6.45, 7) is -0.854. The molecule has 13 nitrogen and oxygen atoms in total. The van der Waals surface area contributed by atoms with Gasteiger partial charge in [0.25, 0.3) is 0 Å². The van der Waals surface area contributed by atoms with Gasteiger partial charge in [-0.05, 0) is 18.1 Å². The van der Waals surface area contributed by atoms with Crippen molar-refractivity contribution in [1.29, 1.82) is 0 Å².